The molecule has 3 atom stereocenters. The summed E-state index contributed by atoms with van der Waals surface area (Å²) in [7, 11) is 2.15. The largest absolute Gasteiger partial charge is 0.394 e. The minimum absolute atomic E-state index is 0.0106. The molecule has 4 heteroatoms. The van der Waals surface area contributed by atoms with E-state index in [1.54, 1.807) is 0 Å². The summed E-state index contributed by atoms with van der Waals surface area (Å²) in [6.45, 7) is 9.29. The molecule has 1 fully saturated rings. The van der Waals surface area contributed by atoms with Crippen LogP contribution >= 0.6 is 0 Å². The Morgan fingerprint density at radius 3 is 2.55 bits per heavy atom. The third-order valence-corrected chi connectivity index (χ3v) is 4.68. The first-order valence-electron chi connectivity index (χ1n) is 8.17. The van der Waals surface area contributed by atoms with E-state index in [0.29, 0.717) is 18.3 Å². The van der Waals surface area contributed by atoms with Crippen molar-refractivity contribution in [2.75, 3.05) is 33.3 Å². The van der Waals surface area contributed by atoms with Gasteiger partial charge in [-0.3, -0.25) is 4.79 Å². The molecule has 1 aliphatic heterocycles. The molecule has 1 aliphatic rings. The molecule has 118 valence electrons. The topological polar surface area (TPSA) is 43.8 Å². The van der Waals surface area contributed by atoms with Gasteiger partial charge in [-0.2, -0.15) is 0 Å². The Morgan fingerprint density at radius 2 is 2.05 bits per heavy atom. The van der Waals surface area contributed by atoms with E-state index in [4.69, 9.17) is 0 Å². The van der Waals surface area contributed by atoms with E-state index in [-0.39, 0.29) is 18.6 Å². The van der Waals surface area contributed by atoms with Crippen LogP contribution in [0.3, 0.4) is 0 Å². The van der Waals surface area contributed by atoms with Crippen molar-refractivity contribution in [3.63, 3.8) is 0 Å². The zero-order chi connectivity index (χ0) is 15.1. The first-order valence-corrected chi connectivity index (χ1v) is 8.17. The first-order chi connectivity index (χ1) is 9.58. The van der Waals surface area contributed by atoms with Gasteiger partial charge in [0.2, 0.25) is 5.91 Å². The molecule has 0 radical (unpaired) electrons. The summed E-state index contributed by atoms with van der Waals surface area (Å²) < 4.78 is 0. The standard InChI is InChI=1S/C16H32N2O2/c1-5-8-9-17(4)11-14-13(6-2)10-18(15(14)12-19)16(20)7-3/h13-15,19H,5-12H2,1-4H3/t13-,14-,15-/m1/s1. The second-order valence-electron chi connectivity index (χ2n) is 6.10. The first kappa shape index (κ1) is 17.4. The fraction of sp³-hybridized carbons (Fsp3) is 0.938. The Kier molecular flexibility index (Phi) is 7.52. The fourth-order valence-corrected chi connectivity index (χ4v) is 3.37. The molecule has 0 aromatic rings. The number of hydrogen-bond donors (Lipinski definition) is 1. The van der Waals surface area contributed by atoms with E-state index in [0.717, 1.165) is 26.1 Å². The van der Waals surface area contributed by atoms with Gasteiger partial charge in [0.1, 0.15) is 0 Å². The van der Waals surface area contributed by atoms with Gasteiger partial charge in [0.25, 0.3) is 0 Å². The van der Waals surface area contributed by atoms with E-state index in [1.165, 1.54) is 12.8 Å². The SMILES string of the molecule is CCCCN(C)C[C@@H]1[C@H](CC)CN(C(=O)CC)[C@@H]1CO. The highest BCUT2D eigenvalue weighted by molar-refractivity contribution is 5.76. The van der Waals surface area contributed by atoms with Crippen LogP contribution in [0.4, 0.5) is 0 Å². The van der Waals surface area contributed by atoms with Crippen molar-refractivity contribution >= 4 is 5.91 Å². The predicted octanol–water partition coefficient (Wildman–Crippen LogP) is 1.97. The van der Waals surface area contributed by atoms with Gasteiger partial charge in [-0.15, -0.1) is 0 Å². The number of rotatable bonds is 8. The lowest BCUT2D eigenvalue weighted by Gasteiger charge is -2.30. The summed E-state index contributed by atoms with van der Waals surface area (Å²) in [5.74, 6) is 1.11. The molecule has 1 N–H and O–H groups in total. The van der Waals surface area contributed by atoms with Crippen LogP contribution in [0.2, 0.25) is 0 Å². The van der Waals surface area contributed by atoms with Gasteiger partial charge >= 0.3 is 0 Å². The number of carbonyl (C=O) groups is 1. The Hall–Kier alpha value is -0.610. The van der Waals surface area contributed by atoms with Gasteiger partial charge in [0.15, 0.2) is 0 Å². The van der Waals surface area contributed by atoms with Gasteiger partial charge in [-0.25, -0.2) is 0 Å². The number of aliphatic hydroxyl groups is 1. The average Bonchev–Trinajstić information content (AvgIpc) is 2.81. The Labute approximate surface area is 124 Å². The van der Waals surface area contributed by atoms with Crippen LogP contribution in [0, 0.1) is 11.8 Å². The molecule has 0 aromatic carbocycles. The maximum Gasteiger partial charge on any atom is 0.222 e. The second kappa shape index (κ2) is 8.63. The highest BCUT2D eigenvalue weighted by Crippen LogP contribution is 2.33. The number of unbranched alkanes of at least 4 members (excludes halogenated alkanes) is 1. The highest BCUT2D eigenvalue weighted by Gasteiger charge is 2.42. The zero-order valence-corrected chi connectivity index (χ0v) is 13.6. The molecule has 1 amide bonds. The van der Waals surface area contributed by atoms with Crippen LogP contribution < -0.4 is 0 Å². The van der Waals surface area contributed by atoms with E-state index >= 15 is 0 Å². The molecule has 20 heavy (non-hydrogen) atoms. The molecule has 1 saturated heterocycles. The maximum atomic E-state index is 12.0. The lowest BCUT2D eigenvalue weighted by Crippen LogP contribution is -2.43. The summed E-state index contributed by atoms with van der Waals surface area (Å²) in [6, 6.07) is 0.0106. The Morgan fingerprint density at radius 1 is 1.35 bits per heavy atom. The monoisotopic (exact) mass is 284 g/mol. The van der Waals surface area contributed by atoms with Crippen LogP contribution in [0.15, 0.2) is 0 Å². The Balaban J connectivity index is 2.71. The van der Waals surface area contributed by atoms with Crippen LogP contribution in [0.5, 0.6) is 0 Å². The van der Waals surface area contributed by atoms with E-state index < -0.39 is 0 Å². The van der Waals surface area contributed by atoms with Crippen molar-refractivity contribution < 1.29 is 9.90 Å². The van der Waals surface area contributed by atoms with Crippen molar-refractivity contribution in [1.82, 2.24) is 9.80 Å². The number of nitrogens with zero attached hydrogens (tertiary/aromatic N) is 2. The lowest BCUT2D eigenvalue weighted by molar-refractivity contribution is -0.132. The second-order valence-corrected chi connectivity index (χ2v) is 6.10. The van der Waals surface area contributed by atoms with E-state index in [2.05, 4.69) is 25.8 Å². The molecule has 1 rings (SSSR count). The maximum absolute atomic E-state index is 12.0. The molecule has 0 aromatic heterocycles. The van der Waals surface area contributed by atoms with Crippen LogP contribution in [-0.2, 0) is 4.79 Å². The number of aliphatic hydroxyl groups excluding tert-OH is 1. The normalized spacial score (nSPS) is 26.5. The molecule has 0 bridgehead atoms. The van der Waals surface area contributed by atoms with E-state index in [9.17, 15) is 9.90 Å². The minimum Gasteiger partial charge on any atom is -0.394 e. The molecule has 1 heterocycles. The van der Waals surface area contributed by atoms with Gasteiger partial charge < -0.3 is 14.9 Å². The molecule has 0 aliphatic carbocycles. The summed E-state index contributed by atoms with van der Waals surface area (Å²) in [5, 5.41) is 9.74. The van der Waals surface area contributed by atoms with Crippen LogP contribution in [-0.4, -0.2) is 60.1 Å². The van der Waals surface area contributed by atoms with Crippen molar-refractivity contribution in [3.8, 4) is 0 Å². The smallest absolute Gasteiger partial charge is 0.222 e. The summed E-state index contributed by atoms with van der Waals surface area (Å²) in [6.07, 6.45) is 4.03. The van der Waals surface area contributed by atoms with Crippen molar-refractivity contribution in [3.05, 3.63) is 0 Å². The third kappa shape index (κ3) is 4.19. The number of amides is 1. The van der Waals surface area contributed by atoms with Crippen LogP contribution in [0.25, 0.3) is 0 Å². The van der Waals surface area contributed by atoms with Crippen LogP contribution in [0.1, 0.15) is 46.5 Å². The van der Waals surface area contributed by atoms with Crippen molar-refractivity contribution in [2.24, 2.45) is 11.8 Å². The number of hydrogen-bond acceptors (Lipinski definition) is 3. The molecule has 4 nitrogen and oxygen atoms in total. The summed E-state index contributed by atoms with van der Waals surface area (Å²) >= 11 is 0. The predicted molar refractivity (Wildman–Crippen MR) is 82.6 cm³/mol. The molecule has 0 unspecified atom stereocenters. The number of carbonyl (C=O) groups excluding carboxylic acids is 1. The third-order valence-electron chi connectivity index (χ3n) is 4.68. The molecular weight excluding hydrogens is 252 g/mol. The molecular formula is C16H32N2O2. The van der Waals surface area contributed by atoms with Crippen molar-refractivity contribution in [1.29, 1.82) is 0 Å². The lowest BCUT2D eigenvalue weighted by atomic mass is 9.88. The minimum atomic E-state index is 0.0106. The molecule has 0 spiro atoms. The van der Waals surface area contributed by atoms with Gasteiger partial charge in [0, 0.05) is 19.5 Å². The van der Waals surface area contributed by atoms with Crippen molar-refractivity contribution in [2.45, 2.75) is 52.5 Å². The van der Waals surface area contributed by atoms with Gasteiger partial charge in [-0.1, -0.05) is 33.6 Å². The van der Waals surface area contributed by atoms with E-state index in [1.807, 2.05) is 11.8 Å². The highest BCUT2D eigenvalue weighted by atomic mass is 16.3. The van der Waals surface area contributed by atoms with Gasteiger partial charge in [0.05, 0.1) is 12.6 Å². The summed E-state index contributed by atoms with van der Waals surface area (Å²) in [4.78, 5) is 16.3. The number of likely N-dealkylation sites (tertiary alicyclic amines) is 1. The van der Waals surface area contributed by atoms with Gasteiger partial charge in [-0.05, 0) is 31.8 Å². The zero-order valence-electron chi connectivity index (χ0n) is 13.6. The average molecular weight is 284 g/mol. The Bertz CT molecular complexity index is 296. The summed E-state index contributed by atoms with van der Waals surface area (Å²) in [5.41, 5.74) is 0. The quantitative estimate of drug-likeness (QED) is 0.741. The molecule has 0 saturated carbocycles. The fourth-order valence-electron chi connectivity index (χ4n) is 3.37.